The van der Waals surface area contributed by atoms with Gasteiger partial charge >= 0.3 is 6.18 Å². The lowest BCUT2D eigenvalue weighted by Gasteiger charge is -2.29. The van der Waals surface area contributed by atoms with E-state index in [1.54, 1.807) is 0 Å². The van der Waals surface area contributed by atoms with Crippen LogP contribution in [0.5, 0.6) is 0 Å². The third kappa shape index (κ3) is 4.10. The first-order valence-electron chi connectivity index (χ1n) is 7.44. The molecule has 1 atom stereocenters. The van der Waals surface area contributed by atoms with E-state index >= 15 is 0 Å². The number of piperidine rings is 1. The van der Waals surface area contributed by atoms with Crippen LogP contribution in [0, 0.1) is 0 Å². The van der Waals surface area contributed by atoms with Crippen LogP contribution < -0.4 is 0 Å². The van der Waals surface area contributed by atoms with Crippen LogP contribution in [0.25, 0.3) is 10.6 Å². The molecule has 124 valence electrons. The number of thiazole rings is 1. The molecule has 0 spiro atoms. The normalized spacial score (nSPS) is 19.9. The topological polar surface area (TPSA) is 36.4 Å². The van der Waals surface area contributed by atoms with Crippen molar-refractivity contribution in [3.8, 4) is 10.6 Å². The van der Waals surface area contributed by atoms with Crippen molar-refractivity contribution < 1.29 is 18.3 Å². The molecule has 2 aromatic rings. The maximum absolute atomic E-state index is 12.6. The van der Waals surface area contributed by atoms with Crippen molar-refractivity contribution in [1.29, 1.82) is 0 Å². The van der Waals surface area contributed by atoms with E-state index in [9.17, 15) is 18.3 Å². The van der Waals surface area contributed by atoms with Crippen LogP contribution in [0.4, 0.5) is 13.2 Å². The molecule has 1 fully saturated rings. The second-order valence-electron chi connectivity index (χ2n) is 5.75. The van der Waals surface area contributed by atoms with Crippen LogP contribution in [-0.4, -0.2) is 34.2 Å². The molecule has 1 saturated heterocycles. The number of hydrogen-bond acceptors (Lipinski definition) is 4. The zero-order valence-electron chi connectivity index (χ0n) is 12.4. The highest BCUT2D eigenvalue weighted by atomic mass is 32.1. The van der Waals surface area contributed by atoms with Gasteiger partial charge in [-0.2, -0.15) is 13.2 Å². The second-order valence-corrected chi connectivity index (χ2v) is 6.61. The molecule has 0 saturated carbocycles. The molecule has 3 nitrogen and oxygen atoms in total. The number of halogens is 3. The summed E-state index contributed by atoms with van der Waals surface area (Å²) < 4.78 is 37.7. The number of likely N-dealkylation sites (tertiary alicyclic amines) is 1. The third-order valence-electron chi connectivity index (χ3n) is 3.88. The Morgan fingerprint density at radius 2 is 2.00 bits per heavy atom. The van der Waals surface area contributed by atoms with E-state index in [4.69, 9.17) is 0 Å². The Labute approximate surface area is 136 Å². The molecule has 1 aliphatic rings. The second kappa shape index (κ2) is 6.59. The van der Waals surface area contributed by atoms with Gasteiger partial charge in [-0.05, 0) is 31.5 Å². The summed E-state index contributed by atoms with van der Waals surface area (Å²) in [6.07, 6.45) is -2.79. The predicted octanol–water partition coefficient (Wildman–Crippen LogP) is 3.79. The molecule has 2 heterocycles. The minimum Gasteiger partial charge on any atom is -0.392 e. The van der Waals surface area contributed by atoms with E-state index in [2.05, 4.69) is 9.88 Å². The number of aliphatic hydroxyl groups excluding tert-OH is 1. The zero-order valence-corrected chi connectivity index (χ0v) is 13.2. The van der Waals surface area contributed by atoms with Crippen molar-refractivity contribution in [2.75, 3.05) is 13.1 Å². The van der Waals surface area contributed by atoms with Crippen molar-refractivity contribution in [3.05, 3.63) is 40.9 Å². The molecule has 7 heteroatoms. The number of aliphatic hydroxyl groups is 1. The van der Waals surface area contributed by atoms with Gasteiger partial charge < -0.3 is 5.11 Å². The van der Waals surface area contributed by atoms with Crippen molar-refractivity contribution in [2.45, 2.75) is 31.7 Å². The zero-order chi connectivity index (χ0) is 16.4. The Balaban J connectivity index is 1.69. The van der Waals surface area contributed by atoms with Gasteiger partial charge in [0.25, 0.3) is 0 Å². The number of β-amino-alcohol motifs (C(OH)–C–C–N with tert-alkyl or cyclic N) is 1. The average Bonchev–Trinajstić information content (AvgIpc) is 2.95. The molecule has 0 radical (unpaired) electrons. The monoisotopic (exact) mass is 342 g/mol. The molecule has 23 heavy (non-hydrogen) atoms. The van der Waals surface area contributed by atoms with Gasteiger partial charge in [0.05, 0.1) is 17.4 Å². The molecule has 3 rings (SSSR count). The van der Waals surface area contributed by atoms with Gasteiger partial charge in [0.2, 0.25) is 0 Å². The fourth-order valence-corrected chi connectivity index (χ4v) is 3.53. The Kier molecular flexibility index (Phi) is 4.70. The third-order valence-corrected chi connectivity index (χ3v) is 4.82. The summed E-state index contributed by atoms with van der Waals surface area (Å²) in [4.78, 5) is 6.66. The Morgan fingerprint density at radius 3 is 2.65 bits per heavy atom. The van der Waals surface area contributed by atoms with E-state index in [1.807, 2.05) is 5.38 Å². The molecule has 0 amide bonds. The summed E-state index contributed by atoms with van der Waals surface area (Å²) in [6, 6.07) is 5.07. The number of nitrogens with zero attached hydrogens (tertiary/aromatic N) is 2. The van der Waals surface area contributed by atoms with Crippen LogP contribution >= 0.6 is 11.3 Å². The summed E-state index contributed by atoms with van der Waals surface area (Å²) >= 11 is 1.42. The largest absolute Gasteiger partial charge is 0.416 e. The van der Waals surface area contributed by atoms with E-state index < -0.39 is 11.7 Å². The molecule has 1 unspecified atom stereocenters. The lowest BCUT2D eigenvalue weighted by Crippen LogP contribution is -2.37. The van der Waals surface area contributed by atoms with Crippen LogP contribution in [0.15, 0.2) is 29.6 Å². The predicted molar refractivity (Wildman–Crippen MR) is 83.1 cm³/mol. The molecule has 1 aromatic carbocycles. The van der Waals surface area contributed by atoms with Crippen molar-refractivity contribution in [1.82, 2.24) is 9.88 Å². The molecule has 1 aliphatic heterocycles. The Morgan fingerprint density at radius 1 is 1.26 bits per heavy atom. The fourth-order valence-electron chi connectivity index (χ4n) is 2.72. The summed E-state index contributed by atoms with van der Waals surface area (Å²) in [7, 11) is 0. The molecule has 0 aliphatic carbocycles. The Bertz CT molecular complexity index is 654. The first-order valence-corrected chi connectivity index (χ1v) is 8.32. The van der Waals surface area contributed by atoms with Gasteiger partial charge in [0.15, 0.2) is 0 Å². The summed E-state index contributed by atoms with van der Waals surface area (Å²) in [5.74, 6) is 0. The first kappa shape index (κ1) is 16.4. The van der Waals surface area contributed by atoms with Gasteiger partial charge in [-0.15, -0.1) is 11.3 Å². The maximum atomic E-state index is 12.6. The van der Waals surface area contributed by atoms with Crippen LogP contribution in [0.2, 0.25) is 0 Å². The highest BCUT2D eigenvalue weighted by Crippen LogP contribution is 2.32. The van der Waals surface area contributed by atoms with E-state index in [0.29, 0.717) is 23.7 Å². The van der Waals surface area contributed by atoms with Gasteiger partial charge in [0, 0.05) is 24.0 Å². The first-order chi connectivity index (χ1) is 10.9. The average molecular weight is 342 g/mol. The summed E-state index contributed by atoms with van der Waals surface area (Å²) in [5.41, 5.74) is 0.923. The van der Waals surface area contributed by atoms with Crippen LogP contribution in [0.1, 0.15) is 24.1 Å². The van der Waals surface area contributed by atoms with Crippen LogP contribution in [0.3, 0.4) is 0 Å². The van der Waals surface area contributed by atoms with Crippen molar-refractivity contribution in [2.24, 2.45) is 0 Å². The van der Waals surface area contributed by atoms with Gasteiger partial charge in [-0.1, -0.05) is 12.1 Å². The lowest BCUT2D eigenvalue weighted by molar-refractivity contribution is -0.137. The van der Waals surface area contributed by atoms with Gasteiger partial charge in [0.1, 0.15) is 5.01 Å². The minimum absolute atomic E-state index is 0.281. The molecular formula is C16H17F3N2OS. The van der Waals surface area contributed by atoms with Crippen molar-refractivity contribution >= 4 is 11.3 Å². The van der Waals surface area contributed by atoms with E-state index in [1.165, 1.54) is 23.5 Å². The quantitative estimate of drug-likeness (QED) is 0.922. The standard InChI is InChI=1S/C16H17F3N2OS/c17-16(18,19)12-5-3-11(4-6-12)15-20-13(10-23-15)8-21-7-1-2-14(22)9-21/h3-6,10,14,22H,1-2,7-9H2. The number of hydrogen-bond donors (Lipinski definition) is 1. The maximum Gasteiger partial charge on any atom is 0.416 e. The van der Waals surface area contributed by atoms with Crippen LogP contribution in [-0.2, 0) is 12.7 Å². The Hall–Kier alpha value is -1.44. The van der Waals surface area contributed by atoms with E-state index in [-0.39, 0.29) is 6.10 Å². The molecular weight excluding hydrogens is 325 g/mol. The number of alkyl halides is 3. The van der Waals surface area contributed by atoms with Crippen molar-refractivity contribution in [3.63, 3.8) is 0 Å². The molecule has 1 aromatic heterocycles. The number of benzene rings is 1. The molecule has 0 bridgehead atoms. The number of aromatic nitrogens is 1. The van der Waals surface area contributed by atoms with E-state index in [0.717, 1.165) is 37.2 Å². The minimum atomic E-state index is -4.32. The lowest BCUT2D eigenvalue weighted by atomic mass is 10.1. The highest BCUT2D eigenvalue weighted by molar-refractivity contribution is 7.13. The summed E-state index contributed by atoms with van der Waals surface area (Å²) in [6.45, 7) is 2.24. The fraction of sp³-hybridized carbons (Fsp3) is 0.438. The molecule has 1 N–H and O–H groups in total. The number of rotatable bonds is 3. The van der Waals surface area contributed by atoms with Gasteiger partial charge in [-0.25, -0.2) is 4.98 Å². The van der Waals surface area contributed by atoms with Gasteiger partial charge in [-0.3, -0.25) is 4.90 Å². The summed E-state index contributed by atoms with van der Waals surface area (Å²) in [5, 5.41) is 12.3. The SMILES string of the molecule is OC1CCCN(Cc2csc(-c3ccc(C(F)(F)F)cc3)n2)C1. The highest BCUT2D eigenvalue weighted by Gasteiger charge is 2.30. The smallest absolute Gasteiger partial charge is 0.392 e.